The monoisotopic (exact) mass is 611 g/mol. The molecule has 1 aromatic heterocycles. The van der Waals surface area contributed by atoms with Crippen LogP contribution in [-0.4, -0.2) is 28.5 Å². The number of imide groups is 1. The fourth-order valence-corrected chi connectivity index (χ4v) is 6.72. The molecule has 7 nitrogen and oxygen atoms in total. The number of halogens is 2. The SMILES string of the molecule is O=C1C=C(Br)C(=O)C2=C1[C@@H](c1ccc(CO)o1)C1=CC[C@@H]3C(=O)N(c4ccc(Br)cc4)C(=O)[C@@H]3[C@@H]1C2. The van der Waals surface area contributed by atoms with Crippen LogP contribution in [0.1, 0.15) is 30.3 Å². The van der Waals surface area contributed by atoms with Gasteiger partial charge < -0.3 is 9.52 Å². The summed E-state index contributed by atoms with van der Waals surface area (Å²) in [6.45, 7) is -0.306. The molecule has 36 heavy (non-hydrogen) atoms. The zero-order valence-electron chi connectivity index (χ0n) is 18.7. The minimum absolute atomic E-state index is 0.172. The number of allylic oxidation sites excluding steroid dienone is 6. The van der Waals surface area contributed by atoms with E-state index in [0.29, 0.717) is 34.8 Å². The smallest absolute Gasteiger partial charge is 0.238 e. The number of carbonyl (C=O) groups is 4. The molecule has 1 aliphatic heterocycles. The topological polar surface area (TPSA) is 105 Å². The predicted molar refractivity (Wildman–Crippen MR) is 136 cm³/mol. The van der Waals surface area contributed by atoms with Crippen molar-refractivity contribution in [1.82, 2.24) is 0 Å². The van der Waals surface area contributed by atoms with E-state index in [4.69, 9.17) is 4.42 Å². The molecule has 0 unspecified atom stereocenters. The van der Waals surface area contributed by atoms with Crippen LogP contribution in [0.5, 0.6) is 0 Å². The van der Waals surface area contributed by atoms with Crippen molar-refractivity contribution in [1.29, 1.82) is 0 Å². The normalized spacial score (nSPS) is 27.6. The lowest BCUT2D eigenvalue weighted by Crippen LogP contribution is -2.39. The van der Waals surface area contributed by atoms with Crippen molar-refractivity contribution in [3.63, 3.8) is 0 Å². The quantitative estimate of drug-likeness (QED) is 0.311. The molecule has 1 fully saturated rings. The number of ketones is 2. The van der Waals surface area contributed by atoms with E-state index in [1.807, 2.05) is 6.08 Å². The fraction of sp³-hybridized carbons (Fsp3) is 0.259. The highest BCUT2D eigenvalue weighted by Crippen LogP contribution is 2.55. The second-order valence-electron chi connectivity index (χ2n) is 9.34. The maximum Gasteiger partial charge on any atom is 0.238 e. The van der Waals surface area contributed by atoms with Crippen LogP contribution in [0, 0.1) is 17.8 Å². The van der Waals surface area contributed by atoms with Gasteiger partial charge in [0.15, 0.2) is 11.6 Å². The third-order valence-electron chi connectivity index (χ3n) is 7.54. The van der Waals surface area contributed by atoms with Crippen LogP contribution in [-0.2, 0) is 25.8 Å². The van der Waals surface area contributed by atoms with E-state index in [2.05, 4.69) is 31.9 Å². The van der Waals surface area contributed by atoms with Crippen LogP contribution in [0.2, 0.25) is 0 Å². The maximum atomic E-state index is 13.8. The van der Waals surface area contributed by atoms with Crippen LogP contribution in [0.4, 0.5) is 5.69 Å². The second kappa shape index (κ2) is 8.61. The Morgan fingerprint density at radius 3 is 2.42 bits per heavy atom. The molecule has 3 aliphatic carbocycles. The van der Waals surface area contributed by atoms with Gasteiger partial charge in [0.1, 0.15) is 18.1 Å². The average molecular weight is 613 g/mol. The van der Waals surface area contributed by atoms with E-state index < -0.39 is 23.7 Å². The van der Waals surface area contributed by atoms with Gasteiger partial charge in [-0.3, -0.25) is 24.1 Å². The Hall–Kier alpha value is -2.88. The number of aliphatic hydroxyl groups excluding tert-OH is 1. The first kappa shape index (κ1) is 23.5. The van der Waals surface area contributed by atoms with Crippen LogP contribution >= 0.6 is 31.9 Å². The van der Waals surface area contributed by atoms with Gasteiger partial charge >= 0.3 is 0 Å². The number of aliphatic hydroxyl groups is 1. The summed E-state index contributed by atoms with van der Waals surface area (Å²) in [6.07, 6.45) is 3.74. The molecule has 4 aliphatic rings. The lowest BCUT2D eigenvalue weighted by Gasteiger charge is -2.41. The van der Waals surface area contributed by atoms with E-state index in [1.54, 1.807) is 36.4 Å². The molecule has 4 atom stereocenters. The van der Waals surface area contributed by atoms with Crippen molar-refractivity contribution in [2.45, 2.75) is 25.4 Å². The lowest BCUT2D eigenvalue weighted by atomic mass is 9.60. The average Bonchev–Trinajstić information content (AvgIpc) is 3.44. The van der Waals surface area contributed by atoms with E-state index in [1.165, 1.54) is 11.0 Å². The second-order valence-corrected chi connectivity index (χ2v) is 11.1. The molecule has 0 bridgehead atoms. The Kier molecular flexibility index (Phi) is 5.62. The largest absolute Gasteiger partial charge is 0.463 e. The highest BCUT2D eigenvalue weighted by Gasteiger charge is 2.57. The van der Waals surface area contributed by atoms with E-state index in [9.17, 15) is 24.3 Å². The Balaban J connectivity index is 1.47. The highest BCUT2D eigenvalue weighted by atomic mass is 79.9. The van der Waals surface area contributed by atoms with Gasteiger partial charge in [-0.15, -0.1) is 0 Å². The molecule has 2 aromatic rings. The molecule has 1 aromatic carbocycles. The summed E-state index contributed by atoms with van der Waals surface area (Å²) < 4.78 is 6.86. The van der Waals surface area contributed by atoms with Gasteiger partial charge in [-0.25, -0.2) is 0 Å². The molecule has 1 saturated heterocycles. The third kappa shape index (κ3) is 3.40. The van der Waals surface area contributed by atoms with Crippen LogP contribution in [0.25, 0.3) is 0 Å². The summed E-state index contributed by atoms with van der Waals surface area (Å²) >= 11 is 6.59. The van der Waals surface area contributed by atoms with Gasteiger partial charge in [0.2, 0.25) is 11.8 Å². The number of fused-ring (bicyclic) bond motifs is 3. The molecular formula is C27H19Br2NO6. The molecule has 0 saturated carbocycles. The first-order valence-electron chi connectivity index (χ1n) is 11.5. The van der Waals surface area contributed by atoms with Gasteiger partial charge in [-0.05, 0) is 71.1 Å². The van der Waals surface area contributed by atoms with Crippen molar-refractivity contribution in [2.75, 3.05) is 4.90 Å². The number of carbonyl (C=O) groups excluding carboxylic acids is 4. The van der Waals surface area contributed by atoms with Crippen LogP contribution in [0.15, 0.2) is 78.6 Å². The molecule has 9 heteroatoms. The summed E-state index contributed by atoms with van der Waals surface area (Å²) in [7, 11) is 0. The van der Waals surface area contributed by atoms with Crippen molar-refractivity contribution in [3.8, 4) is 0 Å². The molecule has 0 radical (unpaired) electrons. The van der Waals surface area contributed by atoms with Crippen molar-refractivity contribution in [3.05, 3.63) is 85.7 Å². The maximum absolute atomic E-state index is 13.8. The molecule has 1 N–H and O–H groups in total. The number of furan rings is 1. The van der Waals surface area contributed by atoms with Crippen molar-refractivity contribution in [2.24, 2.45) is 17.8 Å². The van der Waals surface area contributed by atoms with Gasteiger partial charge in [0.05, 0.1) is 27.9 Å². The van der Waals surface area contributed by atoms with Gasteiger partial charge in [-0.2, -0.15) is 0 Å². The number of hydrogen-bond donors (Lipinski definition) is 1. The zero-order valence-corrected chi connectivity index (χ0v) is 21.9. The van der Waals surface area contributed by atoms with E-state index >= 15 is 0 Å². The standard InChI is InChI=1S/C27H19Br2NO6/c28-12-1-3-13(4-2-12)30-26(34)16-7-6-15-17(22(16)27(30)35)9-18-23(20(32)10-19(29)25(18)33)24(15)21-8-5-14(11-31)36-21/h1-6,8,10,16-17,22,24,31H,7,9,11H2/t16-,17+,22-,24+/m0/s1. The molecule has 2 amide bonds. The van der Waals surface area contributed by atoms with Crippen molar-refractivity contribution >= 4 is 60.9 Å². The Labute approximate surface area is 222 Å². The minimum atomic E-state index is -0.669. The van der Waals surface area contributed by atoms with Gasteiger partial charge in [-0.1, -0.05) is 27.6 Å². The highest BCUT2D eigenvalue weighted by molar-refractivity contribution is 9.12. The van der Waals surface area contributed by atoms with Gasteiger partial charge in [0.25, 0.3) is 0 Å². The minimum Gasteiger partial charge on any atom is -0.463 e. The van der Waals surface area contributed by atoms with E-state index in [0.717, 1.165) is 10.0 Å². The fourth-order valence-electron chi connectivity index (χ4n) is 6.01. The Morgan fingerprint density at radius 2 is 1.72 bits per heavy atom. The Morgan fingerprint density at radius 1 is 0.972 bits per heavy atom. The summed E-state index contributed by atoms with van der Waals surface area (Å²) in [5, 5.41) is 9.54. The summed E-state index contributed by atoms with van der Waals surface area (Å²) in [4.78, 5) is 54.8. The van der Waals surface area contributed by atoms with Crippen LogP contribution < -0.4 is 4.90 Å². The number of Topliss-reactive ketones (excluding diaryl/α,β-unsaturated/α-hetero) is 1. The molecule has 6 rings (SSSR count). The number of hydrogen-bond acceptors (Lipinski definition) is 6. The summed E-state index contributed by atoms with van der Waals surface area (Å²) in [5.41, 5.74) is 1.99. The van der Waals surface area contributed by atoms with Crippen molar-refractivity contribution < 1.29 is 28.7 Å². The summed E-state index contributed by atoms with van der Waals surface area (Å²) in [6, 6.07) is 10.3. The number of rotatable bonds is 3. The molecular weight excluding hydrogens is 594 g/mol. The van der Waals surface area contributed by atoms with Gasteiger partial charge in [0, 0.05) is 21.7 Å². The number of nitrogens with zero attached hydrogens (tertiary/aromatic N) is 1. The summed E-state index contributed by atoms with van der Waals surface area (Å²) in [5.74, 6) is -2.70. The molecule has 0 spiro atoms. The first-order valence-corrected chi connectivity index (χ1v) is 13.1. The van der Waals surface area contributed by atoms with Crippen LogP contribution in [0.3, 0.4) is 0 Å². The number of benzene rings is 1. The molecule has 2 heterocycles. The third-order valence-corrected chi connectivity index (χ3v) is 8.66. The first-order chi connectivity index (χ1) is 17.3. The zero-order chi connectivity index (χ0) is 25.3. The predicted octanol–water partition coefficient (Wildman–Crippen LogP) is 4.50. The molecule has 182 valence electrons. The number of amides is 2. The number of anilines is 1. The lowest BCUT2D eigenvalue weighted by molar-refractivity contribution is -0.123. The van der Waals surface area contributed by atoms with E-state index in [-0.39, 0.29) is 40.9 Å². The Bertz CT molecular complexity index is 1450.